The minimum absolute atomic E-state index is 0.0760. The first kappa shape index (κ1) is 15.0. The molecule has 0 radical (unpaired) electrons. The van der Waals surface area contributed by atoms with Crippen molar-refractivity contribution in [3.8, 4) is 6.07 Å². The number of carbonyl (C=O) groups excluding carboxylic acids is 1. The van der Waals surface area contributed by atoms with E-state index in [1.165, 1.54) is 0 Å². The molecule has 0 spiro atoms. The quantitative estimate of drug-likeness (QED) is 0.632. The van der Waals surface area contributed by atoms with Gasteiger partial charge >= 0.3 is 0 Å². The Labute approximate surface area is 120 Å². The van der Waals surface area contributed by atoms with Crippen LogP contribution >= 0.6 is 27.5 Å². The highest BCUT2D eigenvalue weighted by Gasteiger charge is 2.09. The molecule has 0 unspecified atom stereocenters. The molecule has 96 valence electrons. The van der Waals surface area contributed by atoms with Gasteiger partial charge in [-0.05, 0) is 40.9 Å². The van der Waals surface area contributed by atoms with Crippen molar-refractivity contribution >= 4 is 39.1 Å². The van der Waals surface area contributed by atoms with Gasteiger partial charge in [0.05, 0.1) is 11.3 Å². The summed E-state index contributed by atoms with van der Waals surface area (Å²) in [4.78, 5) is 11.7. The number of carbonyl (C=O) groups is 1. The van der Waals surface area contributed by atoms with Gasteiger partial charge in [-0.3, -0.25) is 4.79 Å². The minimum atomic E-state index is -0.0760. The summed E-state index contributed by atoms with van der Waals surface area (Å²) in [5, 5.41) is 11.7. The van der Waals surface area contributed by atoms with Gasteiger partial charge in [0.2, 0.25) is 5.91 Å². The Bertz CT molecular complexity index is 457. The topological polar surface area (TPSA) is 52.9 Å². The molecule has 1 aromatic rings. The molecule has 0 bridgehead atoms. The maximum Gasteiger partial charge on any atom is 0.224 e. The summed E-state index contributed by atoms with van der Waals surface area (Å²) in [5.41, 5.74) is 1.00. The van der Waals surface area contributed by atoms with E-state index in [2.05, 4.69) is 27.3 Å². The molecule has 0 aliphatic heterocycles. The number of hydrogen-bond acceptors (Lipinski definition) is 2. The Morgan fingerprint density at radius 3 is 2.83 bits per heavy atom. The van der Waals surface area contributed by atoms with Gasteiger partial charge in [-0.2, -0.15) is 5.26 Å². The van der Waals surface area contributed by atoms with Gasteiger partial charge in [0.25, 0.3) is 0 Å². The van der Waals surface area contributed by atoms with Gasteiger partial charge in [0.1, 0.15) is 6.07 Å². The average Bonchev–Trinajstić information content (AvgIpc) is 2.37. The van der Waals surface area contributed by atoms with E-state index in [-0.39, 0.29) is 5.91 Å². The summed E-state index contributed by atoms with van der Waals surface area (Å²) in [6.07, 6.45) is 3.12. The van der Waals surface area contributed by atoms with Crippen LogP contribution in [-0.2, 0) is 4.79 Å². The first-order chi connectivity index (χ1) is 8.69. The van der Waals surface area contributed by atoms with E-state index >= 15 is 0 Å². The van der Waals surface area contributed by atoms with Crippen LogP contribution in [0.5, 0.6) is 0 Å². The molecule has 0 fully saturated rings. The molecule has 5 heteroatoms. The SMILES string of the molecule is N#Cc1cccc(Br)c1NC(=O)CCCCCCl. The van der Waals surface area contributed by atoms with E-state index < -0.39 is 0 Å². The van der Waals surface area contributed by atoms with E-state index in [0.717, 1.165) is 23.7 Å². The third-order valence-corrected chi connectivity index (χ3v) is 3.36. The molecule has 0 heterocycles. The number of alkyl halides is 1. The molecule has 0 saturated heterocycles. The molecule has 0 aliphatic rings. The molecule has 1 aromatic carbocycles. The molecule has 1 N–H and O–H groups in total. The molecule has 0 saturated carbocycles. The molecular weight excluding hydrogens is 316 g/mol. The number of hydrogen-bond donors (Lipinski definition) is 1. The first-order valence-corrected chi connectivity index (χ1v) is 7.06. The van der Waals surface area contributed by atoms with Gasteiger partial charge in [-0.25, -0.2) is 0 Å². The smallest absolute Gasteiger partial charge is 0.224 e. The molecule has 0 atom stereocenters. The second-order valence-electron chi connectivity index (χ2n) is 3.82. The van der Waals surface area contributed by atoms with Gasteiger partial charge < -0.3 is 5.32 Å². The van der Waals surface area contributed by atoms with Crippen LogP contribution in [0.15, 0.2) is 22.7 Å². The monoisotopic (exact) mass is 328 g/mol. The maximum atomic E-state index is 11.7. The second kappa shape index (κ2) is 8.12. The van der Waals surface area contributed by atoms with Crippen molar-refractivity contribution in [1.29, 1.82) is 5.26 Å². The number of amides is 1. The Kier molecular flexibility index (Phi) is 6.77. The zero-order valence-electron chi connectivity index (χ0n) is 9.88. The number of nitriles is 1. The van der Waals surface area contributed by atoms with Gasteiger partial charge in [0, 0.05) is 16.8 Å². The van der Waals surface area contributed by atoms with Crippen LogP contribution in [0, 0.1) is 11.3 Å². The highest BCUT2D eigenvalue weighted by Crippen LogP contribution is 2.26. The average molecular weight is 330 g/mol. The van der Waals surface area contributed by atoms with Gasteiger partial charge in [0.15, 0.2) is 0 Å². The fourth-order valence-corrected chi connectivity index (χ4v) is 2.16. The normalized spacial score (nSPS) is 9.83. The lowest BCUT2D eigenvalue weighted by Crippen LogP contribution is -2.12. The lowest BCUT2D eigenvalue weighted by atomic mass is 10.1. The van der Waals surface area contributed by atoms with E-state index in [1.54, 1.807) is 18.2 Å². The summed E-state index contributed by atoms with van der Waals surface area (Å²) >= 11 is 8.89. The number of rotatable bonds is 6. The predicted molar refractivity (Wildman–Crippen MR) is 76.7 cm³/mol. The van der Waals surface area contributed by atoms with E-state index in [1.807, 2.05) is 0 Å². The number of benzene rings is 1. The van der Waals surface area contributed by atoms with Crippen LogP contribution in [0.3, 0.4) is 0 Å². The van der Waals surface area contributed by atoms with Crippen LogP contribution in [0.1, 0.15) is 31.2 Å². The Morgan fingerprint density at radius 2 is 2.17 bits per heavy atom. The Hall–Kier alpha value is -1.05. The van der Waals surface area contributed by atoms with Crippen LogP contribution in [0.2, 0.25) is 0 Å². The Balaban J connectivity index is 2.57. The molecule has 18 heavy (non-hydrogen) atoms. The van der Waals surface area contributed by atoms with Crippen molar-refractivity contribution in [2.75, 3.05) is 11.2 Å². The highest BCUT2D eigenvalue weighted by atomic mass is 79.9. The third kappa shape index (κ3) is 4.67. The summed E-state index contributed by atoms with van der Waals surface area (Å²) in [6.45, 7) is 0. The number of unbranched alkanes of at least 4 members (excludes halogenated alkanes) is 2. The van der Waals surface area contributed by atoms with Crippen molar-refractivity contribution in [3.05, 3.63) is 28.2 Å². The maximum absolute atomic E-state index is 11.7. The first-order valence-electron chi connectivity index (χ1n) is 5.73. The number of nitrogens with one attached hydrogen (secondary N) is 1. The predicted octanol–water partition coefficient (Wildman–Crippen LogP) is 4.06. The summed E-state index contributed by atoms with van der Waals surface area (Å²) < 4.78 is 0.718. The third-order valence-electron chi connectivity index (χ3n) is 2.44. The standard InChI is InChI=1S/C13H14BrClN2O/c14-11-6-4-5-10(9-16)13(11)17-12(18)7-2-1-3-8-15/h4-6H,1-3,7-8H2,(H,17,18). The number of para-hydroxylation sites is 1. The minimum Gasteiger partial charge on any atom is -0.324 e. The molecule has 0 aliphatic carbocycles. The number of halogens is 2. The lowest BCUT2D eigenvalue weighted by Gasteiger charge is -2.08. The molecule has 3 nitrogen and oxygen atoms in total. The van der Waals surface area contributed by atoms with Crippen molar-refractivity contribution in [1.82, 2.24) is 0 Å². The number of anilines is 1. The van der Waals surface area contributed by atoms with Gasteiger partial charge in [-0.15, -0.1) is 11.6 Å². The van der Waals surface area contributed by atoms with E-state index in [9.17, 15) is 4.79 Å². The molecular formula is C13H14BrClN2O. The number of nitrogens with zero attached hydrogens (tertiary/aromatic N) is 1. The van der Waals surface area contributed by atoms with E-state index in [4.69, 9.17) is 16.9 Å². The van der Waals surface area contributed by atoms with Crippen LogP contribution < -0.4 is 5.32 Å². The van der Waals surface area contributed by atoms with Crippen molar-refractivity contribution in [3.63, 3.8) is 0 Å². The zero-order chi connectivity index (χ0) is 13.4. The van der Waals surface area contributed by atoms with Crippen molar-refractivity contribution in [2.45, 2.75) is 25.7 Å². The van der Waals surface area contributed by atoms with E-state index in [0.29, 0.717) is 23.6 Å². The summed E-state index contributed by atoms with van der Waals surface area (Å²) in [5.74, 6) is 0.553. The summed E-state index contributed by atoms with van der Waals surface area (Å²) in [6, 6.07) is 7.29. The van der Waals surface area contributed by atoms with Crippen LogP contribution in [0.4, 0.5) is 5.69 Å². The fourth-order valence-electron chi connectivity index (χ4n) is 1.50. The second-order valence-corrected chi connectivity index (χ2v) is 5.05. The largest absolute Gasteiger partial charge is 0.324 e. The molecule has 0 aromatic heterocycles. The Morgan fingerprint density at radius 1 is 1.39 bits per heavy atom. The fraction of sp³-hybridized carbons (Fsp3) is 0.385. The van der Waals surface area contributed by atoms with Gasteiger partial charge in [-0.1, -0.05) is 12.5 Å². The van der Waals surface area contributed by atoms with Crippen LogP contribution in [0.25, 0.3) is 0 Å². The van der Waals surface area contributed by atoms with Crippen molar-refractivity contribution < 1.29 is 4.79 Å². The summed E-state index contributed by atoms with van der Waals surface area (Å²) in [7, 11) is 0. The van der Waals surface area contributed by atoms with Crippen LogP contribution in [-0.4, -0.2) is 11.8 Å². The zero-order valence-corrected chi connectivity index (χ0v) is 12.2. The van der Waals surface area contributed by atoms with Crippen molar-refractivity contribution in [2.24, 2.45) is 0 Å². The highest BCUT2D eigenvalue weighted by molar-refractivity contribution is 9.10. The molecule has 1 amide bonds. The molecule has 1 rings (SSSR count). The lowest BCUT2D eigenvalue weighted by molar-refractivity contribution is -0.116.